The summed E-state index contributed by atoms with van der Waals surface area (Å²) in [7, 11) is -1.93. The van der Waals surface area contributed by atoms with E-state index in [0.29, 0.717) is 21.8 Å². The molecule has 5 heteroatoms. The zero-order chi connectivity index (χ0) is 14.8. The predicted molar refractivity (Wildman–Crippen MR) is 77.1 cm³/mol. The molecule has 0 saturated carbocycles. The largest absolute Gasteiger partial charge is 0.497 e. The molecular formula is C14H23NO3S. The number of methoxy groups -OCH3 is 1. The van der Waals surface area contributed by atoms with Crippen molar-refractivity contribution < 1.29 is 13.2 Å². The fourth-order valence-corrected chi connectivity index (χ4v) is 3.74. The highest BCUT2D eigenvalue weighted by molar-refractivity contribution is 7.89. The van der Waals surface area contributed by atoms with E-state index >= 15 is 0 Å². The van der Waals surface area contributed by atoms with Crippen molar-refractivity contribution in [2.45, 2.75) is 45.6 Å². The van der Waals surface area contributed by atoms with Gasteiger partial charge in [-0.2, -0.15) is 0 Å². The lowest BCUT2D eigenvalue weighted by atomic mass is 10.1. The van der Waals surface area contributed by atoms with E-state index in [9.17, 15) is 8.42 Å². The van der Waals surface area contributed by atoms with Gasteiger partial charge in [0.25, 0.3) is 0 Å². The van der Waals surface area contributed by atoms with Crippen molar-refractivity contribution in [3.05, 3.63) is 23.3 Å². The van der Waals surface area contributed by atoms with Gasteiger partial charge in [0.05, 0.1) is 12.0 Å². The second-order valence-electron chi connectivity index (χ2n) is 5.24. The standard InChI is InChI=1S/C14H23NO3S/c1-9(2)12(5)15-19(16,17)14-10(3)7-13(18-6)8-11(14)4/h7-9,12,15H,1-6H3/t12-/m0/s1. The second-order valence-corrected chi connectivity index (χ2v) is 6.90. The number of benzene rings is 1. The lowest BCUT2D eigenvalue weighted by molar-refractivity contribution is 0.413. The monoisotopic (exact) mass is 285 g/mol. The third-order valence-corrected chi connectivity index (χ3v) is 5.14. The summed E-state index contributed by atoms with van der Waals surface area (Å²) >= 11 is 0. The number of hydrogen-bond acceptors (Lipinski definition) is 3. The van der Waals surface area contributed by atoms with Crippen LogP contribution < -0.4 is 9.46 Å². The first-order valence-electron chi connectivity index (χ1n) is 6.36. The van der Waals surface area contributed by atoms with E-state index in [1.165, 1.54) is 0 Å². The van der Waals surface area contributed by atoms with Crippen molar-refractivity contribution in [2.24, 2.45) is 5.92 Å². The molecule has 0 bridgehead atoms. The Kier molecular flexibility index (Phi) is 4.98. The molecule has 0 fully saturated rings. The van der Waals surface area contributed by atoms with Gasteiger partial charge in [0.15, 0.2) is 0 Å². The first kappa shape index (κ1) is 16.0. The van der Waals surface area contributed by atoms with Crippen LogP contribution in [0.4, 0.5) is 0 Å². The summed E-state index contributed by atoms with van der Waals surface area (Å²) in [5, 5.41) is 0. The molecule has 1 atom stereocenters. The number of hydrogen-bond donors (Lipinski definition) is 1. The SMILES string of the molecule is COc1cc(C)c(S(=O)(=O)N[C@@H](C)C(C)C)c(C)c1. The maximum atomic E-state index is 12.4. The van der Waals surface area contributed by atoms with Crippen molar-refractivity contribution in [2.75, 3.05) is 7.11 Å². The minimum absolute atomic E-state index is 0.106. The molecule has 0 aliphatic heterocycles. The quantitative estimate of drug-likeness (QED) is 0.905. The minimum atomic E-state index is -3.50. The number of nitrogens with one attached hydrogen (secondary N) is 1. The Labute approximate surface area is 116 Å². The molecule has 108 valence electrons. The topological polar surface area (TPSA) is 55.4 Å². The maximum Gasteiger partial charge on any atom is 0.241 e. The van der Waals surface area contributed by atoms with Gasteiger partial charge >= 0.3 is 0 Å². The lowest BCUT2D eigenvalue weighted by Crippen LogP contribution is -2.36. The van der Waals surface area contributed by atoms with E-state index in [1.54, 1.807) is 33.1 Å². The van der Waals surface area contributed by atoms with Crippen LogP contribution in [0.25, 0.3) is 0 Å². The van der Waals surface area contributed by atoms with Gasteiger partial charge in [-0.15, -0.1) is 0 Å². The third kappa shape index (κ3) is 3.70. The van der Waals surface area contributed by atoms with Gasteiger partial charge in [-0.25, -0.2) is 13.1 Å². The highest BCUT2D eigenvalue weighted by Crippen LogP contribution is 2.26. The van der Waals surface area contributed by atoms with E-state index in [4.69, 9.17) is 4.74 Å². The molecule has 1 rings (SSSR count). The third-order valence-electron chi connectivity index (χ3n) is 3.28. The van der Waals surface area contributed by atoms with Crippen LogP contribution in [0.3, 0.4) is 0 Å². The van der Waals surface area contributed by atoms with Gasteiger partial charge in [-0.3, -0.25) is 0 Å². The second kappa shape index (κ2) is 5.92. The molecule has 0 amide bonds. The fourth-order valence-electron chi connectivity index (χ4n) is 1.89. The predicted octanol–water partition coefficient (Wildman–Crippen LogP) is 2.63. The highest BCUT2D eigenvalue weighted by atomic mass is 32.2. The molecule has 4 nitrogen and oxygen atoms in total. The number of rotatable bonds is 5. The zero-order valence-corrected chi connectivity index (χ0v) is 13.3. The average molecular weight is 285 g/mol. The first-order valence-corrected chi connectivity index (χ1v) is 7.85. The number of sulfonamides is 1. The zero-order valence-electron chi connectivity index (χ0n) is 12.4. The Bertz CT molecular complexity index is 527. The van der Waals surface area contributed by atoms with Crippen molar-refractivity contribution in [1.29, 1.82) is 0 Å². The summed E-state index contributed by atoms with van der Waals surface area (Å²) in [4.78, 5) is 0.348. The maximum absolute atomic E-state index is 12.4. The molecule has 1 aromatic carbocycles. The van der Waals surface area contributed by atoms with Crippen LogP contribution in [0.2, 0.25) is 0 Å². The van der Waals surface area contributed by atoms with Gasteiger partial charge in [0, 0.05) is 6.04 Å². The van der Waals surface area contributed by atoms with E-state index in [0.717, 1.165) is 0 Å². The number of ether oxygens (including phenoxy) is 1. The molecule has 0 aliphatic carbocycles. The van der Waals surface area contributed by atoms with Gasteiger partial charge in [0.2, 0.25) is 10.0 Å². The molecule has 0 saturated heterocycles. The van der Waals surface area contributed by atoms with Crippen molar-refractivity contribution >= 4 is 10.0 Å². The molecule has 0 unspecified atom stereocenters. The molecule has 0 aromatic heterocycles. The molecule has 0 spiro atoms. The summed E-state index contributed by atoms with van der Waals surface area (Å²) in [5.41, 5.74) is 1.39. The van der Waals surface area contributed by atoms with Crippen LogP contribution in [-0.4, -0.2) is 21.6 Å². The smallest absolute Gasteiger partial charge is 0.241 e. The summed E-state index contributed by atoms with van der Waals surface area (Å²) in [6, 6.07) is 3.37. The van der Waals surface area contributed by atoms with Crippen LogP contribution in [-0.2, 0) is 10.0 Å². The fraction of sp³-hybridized carbons (Fsp3) is 0.571. The van der Waals surface area contributed by atoms with Crippen molar-refractivity contribution in [3.63, 3.8) is 0 Å². The van der Waals surface area contributed by atoms with Gasteiger partial charge < -0.3 is 4.74 Å². The van der Waals surface area contributed by atoms with Crippen LogP contribution in [0.5, 0.6) is 5.75 Å². The van der Waals surface area contributed by atoms with Crippen LogP contribution >= 0.6 is 0 Å². The summed E-state index contributed by atoms with van der Waals surface area (Å²) < 4.78 is 32.7. The Morgan fingerprint density at radius 2 is 1.58 bits per heavy atom. The molecule has 0 aliphatic rings. The van der Waals surface area contributed by atoms with Crippen LogP contribution in [0, 0.1) is 19.8 Å². The molecule has 1 aromatic rings. The molecule has 0 radical (unpaired) electrons. The van der Waals surface area contributed by atoms with Crippen molar-refractivity contribution in [3.8, 4) is 5.75 Å². The number of aryl methyl sites for hydroxylation is 2. The Morgan fingerprint density at radius 3 is 1.95 bits per heavy atom. The van der Waals surface area contributed by atoms with Gasteiger partial charge in [0.1, 0.15) is 5.75 Å². The Hall–Kier alpha value is -1.07. The van der Waals surface area contributed by atoms with Gasteiger partial charge in [-0.1, -0.05) is 13.8 Å². The highest BCUT2D eigenvalue weighted by Gasteiger charge is 2.23. The van der Waals surface area contributed by atoms with E-state index in [1.807, 2.05) is 20.8 Å². The summed E-state index contributed by atoms with van der Waals surface area (Å²) in [5.74, 6) is 0.916. The molecule has 1 N–H and O–H groups in total. The Morgan fingerprint density at radius 1 is 1.11 bits per heavy atom. The van der Waals surface area contributed by atoms with Crippen LogP contribution in [0.15, 0.2) is 17.0 Å². The van der Waals surface area contributed by atoms with Crippen LogP contribution in [0.1, 0.15) is 31.9 Å². The normalized spacial score (nSPS) is 13.6. The molecular weight excluding hydrogens is 262 g/mol. The van der Waals surface area contributed by atoms with Crippen molar-refractivity contribution in [1.82, 2.24) is 4.72 Å². The minimum Gasteiger partial charge on any atom is -0.497 e. The summed E-state index contributed by atoms with van der Waals surface area (Å²) in [6.45, 7) is 9.41. The Balaban J connectivity index is 3.22. The van der Waals surface area contributed by atoms with E-state index < -0.39 is 10.0 Å². The summed E-state index contributed by atoms with van der Waals surface area (Å²) in [6.07, 6.45) is 0. The molecule has 0 heterocycles. The first-order chi connectivity index (χ1) is 8.69. The average Bonchev–Trinajstić information content (AvgIpc) is 2.26. The van der Waals surface area contributed by atoms with Gasteiger partial charge in [-0.05, 0) is 49.9 Å². The lowest BCUT2D eigenvalue weighted by Gasteiger charge is -2.20. The van der Waals surface area contributed by atoms with E-state index in [2.05, 4.69) is 4.72 Å². The van der Waals surface area contributed by atoms with E-state index in [-0.39, 0.29) is 12.0 Å². The molecule has 19 heavy (non-hydrogen) atoms.